The number of alkyl halides is 1. The van der Waals surface area contributed by atoms with Gasteiger partial charge in [-0.05, 0) is 18.8 Å². The fourth-order valence-corrected chi connectivity index (χ4v) is 2.18. The van der Waals surface area contributed by atoms with Crippen LogP contribution in [0, 0.1) is 5.92 Å². The molecule has 0 N–H and O–H groups in total. The number of halogens is 1. The Morgan fingerprint density at radius 3 is 2.69 bits per heavy atom. The van der Waals surface area contributed by atoms with Gasteiger partial charge in [-0.25, -0.2) is 0 Å². The zero-order valence-electron chi connectivity index (χ0n) is 8.00. The number of nitrogens with zero attached hydrogens (tertiary/aromatic N) is 3. The molecule has 1 aliphatic carbocycles. The van der Waals surface area contributed by atoms with Crippen molar-refractivity contribution in [2.45, 2.75) is 31.0 Å². The highest BCUT2D eigenvalue weighted by Gasteiger charge is 2.31. The third-order valence-corrected chi connectivity index (χ3v) is 3.36. The maximum Gasteiger partial charge on any atom is 0.143 e. The lowest BCUT2D eigenvalue weighted by atomic mass is 10.1. The minimum Gasteiger partial charge on any atom is -0.317 e. The number of rotatable bonds is 3. The summed E-state index contributed by atoms with van der Waals surface area (Å²) in [6.07, 6.45) is 2.72. The molecule has 0 amide bonds. The first-order valence-corrected chi connectivity index (χ1v) is 5.80. The standard InChI is InChI=1S/C9H14BrN3/c1-6(7-3-4-7)9-12-11-8(5-10)13(9)2/h6-7H,3-5H2,1-2H3. The second-order valence-corrected chi connectivity index (χ2v) is 4.35. The monoisotopic (exact) mass is 243 g/mol. The van der Waals surface area contributed by atoms with Crippen LogP contribution in [0.5, 0.6) is 0 Å². The normalized spacial score (nSPS) is 19.0. The summed E-state index contributed by atoms with van der Waals surface area (Å²) in [7, 11) is 2.05. The summed E-state index contributed by atoms with van der Waals surface area (Å²) in [6, 6.07) is 0. The van der Waals surface area contributed by atoms with Gasteiger partial charge in [0.15, 0.2) is 0 Å². The van der Waals surface area contributed by atoms with E-state index in [1.54, 1.807) is 0 Å². The van der Waals surface area contributed by atoms with Gasteiger partial charge in [-0.3, -0.25) is 0 Å². The second kappa shape index (κ2) is 3.40. The number of hydrogen-bond acceptors (Lipinski definition) is 2. The first-order chi connectivity index (χ1) is 6.24. The van der Waals surface area contributed by atoms with Gasteiger partial charge in [-0.2, -0.15) is 0 Å². The molecule has 1 unspecified atom stereocenters. The molecule has 0 spiro atoms. The van der Waals surface area contributed by atoms with Gasteiger partial charge in [-0.1, -0.05) is 22.9 Å². The largest absolute Gasteiger partial charge is 0.317 e. The molecule has 1 aliphatic rings. The van der Waals surface area contributed by atoms with Crippen LogP contribution in [-0.2, 0) is 12.4 Å². The van der Waals surface area contributed by atoms with E-state index in [1.165, 1.54) is 12.8 Å². The van der Waals surface area contributed by atoms with Crippen molar-refractivity contribution in [3.05, 3.63) is 11.6 Å². The molecular weight excluding hydrogens is 230 g/mol. The summed E-state index contributed by atoms with van der Waals surface area (Å²) in [5, 5.41) is 9.15. The van der Waals surface area contributed by atoms with Crippen LogP contribution in [0.3, 0.4) is 0 Å². The van der Waals surface area contributed by atoms with Crippen LogP contribution in [0.4, 0.5) is 0 Å². The molecule has 72 valence electrons. The van der Waals surface area contributed by atoms with Crippen LogP contribution in [0.15, 0.2) is 0 Å². The van der Waals surface area contributed by atoms with Crippen molar-refractivity contribution in [2.24, 2.45) is 13.0 Å². The van der Waals surface area contributed by atoms with Crippen LogP contribution >= 0.6 is 15.9 Å². The predicted molar refractivity (Wildman–Crippen MR) is 54.8 cm³/mol. The average Bonchev–Trinajstić information content (AvgIpc) is 2.89. The Morgan fingerprint density at radius 2 is 2.23 bits per heavy atom. The highest BCUT2D eigenvalue weighted by molar-refractivity contribution is 9.08. The Hall–Kier alpha value is -0.380. The van der Waals surface area contributed by atoms with Crippen molar-refractivity contribution in [1.29, 1.82) is 0 Å². The van der Waals surface area contributed by atoms with E-state index in [-0.39, 0.29) is 0 Å². The molecule has 3 nitrogen and oxygen atoms in total. The molecule has 2 rings (SSSR count). The Kier molecular flexibility index (Phi) is 2.41. The Bertz CT molecular complexity index is 304. The van der Waals surface area contributed by atoms with E-state index in [2.05, 4.69) is 37.6 Å². The van der Waals surface area contributed by atoms with Crippen molar-refractivity contribution in [3.63, 3.8) is 0 Å². The fourth-order valence-electron chi connectivity index (χ4n) is 1.70. The topological polar surface area (TPSA) is 30.7 Å². The maximum absolute atomic E-state index is 4.23. The van der Waals surface area contributed by atoms with Crippen LogP contribution in [0.2, 0.25) is 0 Å². The van der Waals surface area contributed by atoms with E-state index in [0.29, 0.717) is 5.92 Å². The minimum absolute atomic E-state index is 0.574. The molecule has 0 radical (unpaired) electrons. The number of aromatic nitrogens is 3. The molecule has 1 heterocycles. The molecule has 1 aromatic heterocycles. The van der Waals surface area contributed by atoms with Gasteiger partial charge >= 0.3 is 0 Å². The second-order valence-electron chi connectivity index (χ2n) is 3.79. The van der Waals surface area contributed by atoms with E-state index in [0.717, 1.165) is 22.9 Å². The van der Waals surface area contributed by atoms with E-state index in [4.69, 9.17) is 0 Å². The summed E-state index contributed by atoms with van der Waals surface area (Å²) in [4.78, 5) is 0. The SMILES string of the molecule is CC(c1nnc(CBr)n1C)C1CC1. The fraction of sp³-hybridized carbons (Fsp3) is 0.778. The average molecular weight is 244 g/mol. The zero-order valence-corrected chi connectivity index (χ0v) is 9.58. The molecule has 1 aromatic rings. The third-order valence-electron chi connectivity index (χ3n) is 2.85. The maximum atomic E-state index is 4.23. The van der Waals surface area contributed by atoms with E-state index < -0.39 is 0 Å². The first kappa shape index (κ1) is 9.19. The minimum atomic E-state index is 0.574. The lowest BCUT2D eigenvalue weighted by Gasteiger charge is -2.08. The van der Waals surface area contributed by atoms with Gasteiger partial charge in [0, 0.05) is 13.0 Å². The molecule has 0 saturated heterocycles. The van der Waals surface area contributed by atoms with Crippen LogP contribution in [0.1, 0.15) is 37.3 Å². The molecule has 0 bridgehead atoms. The smallest absolute Gasteiger partial charge is 0.143 e. The molecule has 0 aliphatic heterocycles. The van der Waals surface area contributed by atoms with Gasteiger partial charge in [0.1, 0.15) is 11.6 Å². The Balaban J connectivity index is 2.23. The lowest BCUT2D eigenvalue weighted by molar-refractivity contribution is 0.589. The molecule has 0 aromatic carbocycles. The van der Waals surface area contributed by atoms with Crippen molar-refractivity contribution >= 4 is 15.9 Å². The quantitative estimate of drug-likeness (QED) is 0.763. The van der Waals surface area contributed by atoms with Crippen molar-refractivity contribution < 1.29 is 0 Å². The highest BCUT2D eigenvalue weighted by Crippen LogP contribution is 2.41. The van der Waals surface area contributed by atoms with Crippen LogP contribution in [0.25, 0.3) is 0 Å². The van der Waals surface area contributed by atoms with E-state index in [1.807, 2.05) is 7.05 Å². The summed E-state index contributed by atoms with van der Waals surface area (Å²) < 4.78 is 2.11. The Morgan fingerprint density at radius 1 is 1.54 bits per heavy atom. The molecule has 1 fully saturated rings. The summed E-state index contributed by atoms with van der Waals surface area (Å²) in [5.74, 6) is 3.58. The number of hydrogen-bond donors (Lipinski definition) is 0. The van der Waals surface area contributed by atoms with Crippen molar-refractivity contribution in [2.75, 3.05) is 0 Å². The molecular formula is C9H14BrN3. The van der Waals surface area contributed by atoms with Gasteiger partial charge in [0.05, 0.1) is 5.33 Å². The lowest BCUT2D eigenvalue weighted by Crippen LogP contribution is -2.06. The molecule has 1 atom stereocenters. The zero-order chi connectivity index (χ0) is 9.42. The van der Waals surface area contributed by atoms with Crippen LogP contribution in [-0.4, -0.2) is 14.8 Å². The predicted octanol–water partition coefficient (Wildman–Crippen LogP) is 2.22. The van der Waals surface area contributed by atoms with Gasteiger partial charge in [0.25, 0.3) is 0 Å². The molecule has 13 heavy (non-hydrogen) atoms. The van der Waals surface area contributed by atoms with E-state index in [9.17, 15) is 0 Å². The third kappa shape index (κ3) is 1.64. The summed E-state index contributed by atoms with van der Waals surface area (Å²) in [5.41, 5.74) is 0. The summed E-state index contributed by atoms with van der Waals surface area (Å²) >= 11 is 3.40. The van der Waals surface area contributed by atoms with E-state index >= 15 is 0 Å². The molecule has 1 saturated carbocycles. The molecule has 4 heteroatoms. The van der Waals surface area contributed by atoms with Crippen LogP contribution < -0.4 is 0 Å². The highest BCUT2D eigenvalue weighted by atomic mass is 79.9. The first-order valence-electron chi connectivity index (χ1n) is 4.68. The Labute approximate surface area is 86.7 Å². The summed E-state index contributed by atoms with van der Waals surface area (Å²) in [6.45, 7) is 2.25. The van der Waals surface area contributed by atoms with Crippen molar-refractivity contribution in [1.82, 2.24) is 14.8 Å². The van der Waals surface area contributed by atoms with Gasteiger partial charge in [-0.15, -0.1) is 10.2 Å². The van der Waals surface area contributed by atoms with Gasteiger partial charge < -0.3 is 4.57 Å². The van der Waals surface area contributed by atoms with Gasteiger partial charge in [0.2, 0.25) is 0 Å². The van der Waals surface area contributed by atoms with Crippen molar-refractivity contribution in [3.8, 4) is 0 Å².